The van der Waals surface area contributed by atoms with Crippen LogP contribution in [0, 0.1) is 0 Å². The van der Waals surface area contributed by atoms with E-state index < -0.39 is 5.97 Å². The normalized spacial score (nSPS) is 13.6. The maximum Gasteiger partial charge on any atom is 0.322 e. The van der Waals surface area contributed by atoms with Gasteiger partial charge < -0.3 is 10.4 Å². The summed E-state index contributed by atoms with van der Waals surface area (Å²) in [6, 6.07) is 0. The van der Waals surface area contributed by atoms with E-state index in [1.807, 2.05) is 0 Å². The Morgan fingerprint density at radius 3 is 1.72 bits per heavy atom. The topological polar surface area (TPSA) is 49.3 Å². The largest absolute Gasteiger partial charge is 0.480 e. The molecule has 1 rings (SSSR count). The fourth-order valence-electron chi connectivity index (χ4n) is 3.55. The van der Waals surface area contributed by atoms with Gasteiger partial charge in [-0.3, -0.25) is 4.79 Å². The van der Waals surface area contributed by atoms with Gasteiger partial charge in [-0.25, -0.2) is 0 Å². The van der Waals surface area contributed by atoms with E-state index in [9.17, 15) is 4.79 Å². The van der Waals surface area contributed by atoms with Gasteiger partial charge in [-0.15, -0.1) is 0 Å². The summed E-state index contributed by atoms with van der Waals surface area (Å²) in [6.07, 6.45) is 22.5. The molecule has 2 N–H and O–H groups in total. The predicted octanol–water partition coefficient (Wildman–Crippen LogP) is 6.58. The van der Waals surface area contributed by atoms with Crippen molar-refractivity contribution in [2.45, 2.75) is 116 Å². The quantitative estimate of drug-likeness (QED) is 0.291. The number of unbranched alkanes of at least 4 members (excludes halogenated alkanes) is 12. The van der Waals surface area contributed by atoms with Crippen LogP contribution in [0.15, 0.2) is 11.3 Å². The van der Waals surface area contributed by atoms with Crippen molar-refractivity contribution in [3.05, 3.63) is 11.3 Å². The Morgan fingerprint density at radius 2 is 1.32 bits per heavy atom. The number of hydrogen-bond donors (Lipinski definition) is 2. The third-order valence-electron chi connectivity index (χ3n) is 5.37. The first-order valence-electron chi connectivity index (χ1n) is 10.9. The van der Waals surface area contributed by atoms with Gasteiger partial charge in [-0.1, -0.05) is 89.5 Å². The summed E-state index contributed by atoms with van der Waals surface area (Å²) < 4.78 is 0. The van der Waals surface area contributed by atoms with Gasteiger partial charge in [-0.05, 0) is 32.1 Å². The molecule has 0 aromatic carbocycles. The minimum absolute atomic E-state index is 0.0667. The van der Waals surface area contributed by atoms with Crippen molar-refractivity contribution < 1.29 is 9.90 Å². The number of carbonyl (C=O) groups is 1. The average molecular weight is 352 g/mol. The van der Waals surface area contributed by atoms with Crippen LogP contribution in [0.2, 0.25) is 0 Å². The number of hydrogen-bond acceptors (Lipinski definition) is 2. The predicted molar refractivity (Wildman–Crippen MR) is 107 cm³/mol. The summed E-state index contributed by atoms with van der Waals surface area (Å²) in [7, 11) is 0. The van der Waals surface area contributed by atoms with E-state index in [4.69, 9.17) is 5.11 Å². The Bertz CT molecular complexity index is 370. The lowest BCUT2D eigenvalue weighted by Gasteiger charge is -2.23. The van der Waals surface area contributed by atoms with Crippen molar-refractivity contribution in [3.63, 3.8) is 0 Å². The van der Waals surface area contributed by atoms with E-state index in [1.165, 1.54) is 114 Å². The van der Waals surface area contributed by atoms with Gasteiger partial charge in [0.05, 0.1) is 0 Å². The van der Waals surface area contributed by atoms with Crippen molar-refractivity contribution >= 4 is 5.97 Å². The molecule has 1 aliphatic carbocycles. The molecule has 0 amide bonds. The summed E-state index contributed by atoms with van der Waals surface area (Å²) in [5.41, 5.74) is 2.71. The minimum Gasteiger partial charge on any atom is -0.480 e. The van der Waals surface area contributed by atoms with Crippen LogP contribution in [0.5, 0.6) is 0 Å². The summed E-state index contributed by atoms with van der Waals surface area (Å²) in [5.74, 6) is -0.761. The van der Waals surface area contributed by atoms with Crippen LogP contribution < -0.4 is 5.32 Å². The number of nitrogens with one attached hydrogen (secondary N) is 1. The third kappa shape index (κ3) is 12.1. The van der Waals surface area contributed by atoms with E-state index in [-0.39, 0.29) is 6.54 Å². The van der Waals surface area contributed by atoms with Crippen molar-refractivity contribution in [1.29, 1.82) is 0 Å². The van der Waals surface area contributed by atoms with Crippen LogP contribution >= 0.6 is 0 Å². The SMILES string of the molecule is CCCCCCCCCCCCCCCC(NCC(=O)O)=C1CCC1. The zero-order chi connectivity index (χ0) is 18.2. The van der Waals surface area contributed by atoms with E-state index >= 15 is 0 Å². The second kappa shape index (κ2) is 15.3. The minimum atomic E-state index is -0.761. The van der Waals surface area contributed by atoms with Gasteiger partial charge in [0.2, 0.25) is 0 Å². The molecule has 0 spiro atoms. The maximum absolute atomic E-state index is 10.7. The molecule has 1 saturated carbocycles. The first-order valence-corrected chi connectivity index (χ1v) is 10.9. The molecular weight excluding hydrogens is 310 g/mol. The zero-order valence-electron chi connectivity index (χ0n) is 16.6. The highest BCUT2D eigenvalue weighted by atomic mass is 16.4. The Kier molecular flexibility index (Phi) is 13.5. The van der Waals surface area contributed by atoms with Gasteiger partial charge in [0.25, 0.3) is 0 Å². The molecule has 0 unspecified atom stereocenters. The van der Waals surface area contributed by atoms with Crippen molar-refractivity contribution in [2.24, 2.45) is 0 Å². The first kappa shape index (κ1) is 22.1. The molecular formula is C22H41NO2. The highest BCUT2D eigenvalue weighted by Crippen LogP contribution is 2.29. The Morgan fingerprint density at radius 1 is 0.840 bits per heavy atom. The van der Waals surface area contributed by atoms with Gasteiger partial charge in [0.1, 0.15) is 6.54 Å². The van der Waals surface area contributed by atoms with Crippen molar-refractivity contribution in [2.75, 3.05) is 6.54 Å². The summed E-state index contributed by atoms with van der Waals surface area (Å²) in [4.78, 5) is 10.7. The highest BCUT2D eigenvalue weighted by Gasteiger charge is 2.14. The molecule has 3 nitrogen and oxygen atoms in total. The number of aliphatic carboxylic acids is 1. The van der Waals surface area contributed by atoms with E-state index in [0.29, 0.717) is 0 Å². The Labute approximate surface area is 155 Å². The van der Waals surface area contributed by atoms with E-state index in [2.05, 4.69) is 12.2 Å². The van der Waals surface area contributed by atoms with Crippen LogP contribution in [-0.2, 0) is 4.79 Å². The lowest BCUT2D eigenvalue weighted by Crippen LogP contribution is -2.24. The first-order chi connectivity index (χ1) is 12.2. The second-order valence-corrected chi connectivity index (χ2v) is 7.68. The fourth-order valence-corrected chi connectivity index (χ4v) is 3.55. The fraction of sp³-hybridized carbons (Fsp3) is 0.864. The molecule has 0 atom stereocenters. The van der Waals surface area contributed by atoms with Crippen molar-refractivity contribution in [3.8, 4) is 0 Å². The zero-order valence-corrected chi connectivity index (χ0v) is 16.6. The molecule has 0 aromatic heterocycles. The smallest absolute Gasteiger partial charge is 0.322 e. The number of carboxylic acids is 1. The Hall–Kier alpha value is -0.990. The molecule has 1 aliphatic rings. The monoisotopic (exact) mass is 351 g/mol. The second-order valence-electron chi connectivity index (χ2n) is 7.68. The highest BCUT2D eigenvalue weighted by molar-refractivity contribution is 5.69. The molecule has 0 radical (unpaired) electrons. The number of allylic oxidation sites excluding steroid dienone is 2. The van der Waals surface area contributed by atoms with Crippen LogP contribution in [0.3, 0.4) is 0 Å². The standard InChI is InChI=1S/C22H41NO2/c1-2-3-4-5-6-7-8-9-10-11-12-13-14-18-21(20-16-15-17-20)23-19-22(24)25/h23H,2-19H2,1H3,(H,24,25). The maximum atomic E-state index is 10.7. The van der Waals surface area contributed by atoms with Gasteiger partial charge in [-0.2, -0.15) is 0 Å². The van der Waals surface area contributed by atoms with Crippen LogP contribution in [-0.4, -0.2) is 17.6 Å². The molecule has 1 fully saturated rings. The molecule has 0 saturated heterocycles. The van der Waals surface area contributed by atoms with E-state index in [0.717, 1.165) is 6.42 Å². The Balaban J connectivity index is 1.91. The molecule has 146 valence electrons. The van der Waals surface area contributed by atoms with Gasteiger partial charge in [0.15, 0.2) is 0 Å². The molecule has 3 heteroatoms. The van der Waals surface area contributed by atoms with Crippen molar-refractivity contribution in [1.82, 2.24) is 5.32 Å². The average Bonchev–Trinajstić information content (AvgIpc) is 2.54. The lowest BCUT2D eigenvalue weighted by atomic mass is 9.89. The van der Waals surface area contributed by atoms with Gasteiger partial charge in [0, 0.05) is 5.70 Å². The van der Waals surface area contributed by atoms with E-state index in [1.54, 1.807) is 0 Å². The summed E-state index contributed by atoms with van der Waals surface area (Å²) >= 11 is 0. The molecule has 0 aliphatic heterocycles. The molecule has 25 heavy (non-hydrogen) atoms. The molecule has 0 aromatic rings. The molecule has 0 heterocycles. The van der Waals surface area contributed by atoms with Crippen LogP contribution in [0.25, 0.3) is 0 Å². The lowest BCUT2D eigenvalue weighted by molar-refractivity contribution is -0.135. The number of carboxylic acid groups (broad SMARTS) is 1. The van der Waals surface area contributed by atoms with Gasteiger partial charge >= 0.3 is 5.97 Å². The molecule has 0 bridgehead atoms. The van der Waals surface area contributed by atoms with Crippen LogP contribution in [0.1, 0.15) is 116 Å². The number of rotatable bonds is 17. The van der Waals surface area contributed by atoms with Crippen LogP contribution in [0.4, 0.5) is 0 Å². The summed E-state index contributed by atoms with van der Waals surface area (Å²) in [6.45, 7) is 2.34. The third-order valence-corrected chi connectivity index (χ3v) is 5.37. The summed E-state index contributed by atoms with van der Waals surface area (Å²) in [5, 5.41) is 12.0.